The lowest BCUT2D eigenvalue weighted by atomic mass is 10.2. The lowest BCUT2D eigenvalue weighted by molar-refractivity contribution is 0.684. The predicted octanol–water partition coefficient (Wildman–Crippen LogP) is 3.01. The maximum Gasteiger partial charge on any atom is 0.172 e. The summed E-state index contributed by atoms with van der Waals surface area (Å²) in [6.45, 7) is 1.98. The zero-order chi connectivity index (χ0) is 13.7. The van der Waals surface area contributed by atoms with Crippen molar-refractivity contribution >= 4 is 17.2 Å². The number of aryl methyl sites for hydroxylation is 1. The van der Waals surface area contributed by atoms with Crippen molar-refractivity contribution in [2.45, 2.75) is 11.8 Å². The van der Waals surface area contributed by atoms with E-state index in [4.69, 9.17) is 5.26 Å². The zero-order valence-electron chi connectivity index (χ0n) is 10.4. The zero-order valence-corrected chi connectivity index (χ0v) is 11.2. The molecular formula is C15H12N2OS. The van der Waals surface area contributed by atoms with Crippen LogP contribution in [-0.4, -0.2) is 10.4 Å². The highest BCUT2D eigenvalue weighted by Gasteiger charge is 2.00. The van der Waals surface area contributed by atoms with Crippen molar-refractivity contribution in [3.8, 4) is 6.07 Å². The first-order chi connectivity index (χ1) is 9.19. The first kappa shape index (κ1) is 13.2. The van der Waals surface area contributed by atoms with Crippen LogP contribution in [0.4, 0.5) is 0 Å². The molecule has 0 heterocycles. The third-order valence-electron chi connectivity index (χ3n) is 2.56. The normalized spacial score (nSPS) is 12.2. The Kier molecular flexibility index (Phi) is 4.22. The predicted molar refractivity (Wildman–Crippen MR) is 76.3 cm³/mol. The van der Waals surface area contributed by atoms with Gasteiger partial charge in [0.15, 0.2) is 11.0 Å². The van der Waals surface area contributed by atoms with Crippen molar-refractivity contribution in [2.75, 3.05) is 0 Å². The summed E-state index contributed by atoms with van der Waals surface area (Å²) in [5.41, 5.74) is 2.54. The maximum absolute atomic E-state index is 11.9. The molecule has 2 aromatic carbocycles. The number of benzene rings is 2. The quantitative estimate of drug-likeness (QED) is 0.803. The van der Waals surface area contributed by atoms with E-state index in [9.17, 15) is 4.21 Å². The fraction of sp³-hybridized carbons (Fsp3) is 0.0667. The minimum absolute atomic E-state index is 0.594. The van der Waals surface area contributed by atoms with Crippen molar-refractivity contribution in [1.82, 2.24) is 0 Å². The number of hydrogen-bond acceptors (Lipinski definition) is 2. The molecule has 0 saturated carbocycles. The molecule has 1 unspecified atom stereocenters. The van der Waals surface area contributed by atoms with Gasteiger partial charge in [-0.15, -0.1) is 0 Å². The summed E-state index contributed by atoms with van der Waals surface area (Å²) >= 11 is 0. The maximum atomic E-state index is 11.9. The molecule has 19 heavy (non-hydrogen) atoms. The summed E-state index contributed by atoms with van der Waals surface area (Å²) in [6, 6.07) is 16.4. The van der Waals surface area contributed by atoms with Gasteiger partial charge in [-0.25, -0.2) is 4.21 Å². The highest BCUT2D eigenvalue weighted by atomic mass is 32.2. The molecular weight excluding hydrogens is 256 g/mol. The minimum Gasteiger partial charge on any atom is -0.229 e. The Balaban J connectivity index is 2.11. The van der Waals surface area contributed by atoms with E-state index < -0.39 is 11.0 Å². The fourth-order valence-electron chi connectivity index (χ4n) is 1.47. The third kappa shape index (κ3) is 3.60. The summed E-state index contributed by atoms with van der Waals surface area (Å²) in [4.78, 5) is 0.676. The van der Waals surface area contributed by atoms with E-state index in [0.29, 0.717) is 10.5 Å². The number of hydrogen-bond donors (Lipinski definition) is 0. The van der Waals surface area contributed by atoms with Crippen LogP contribution in [-0.2, 0) is 11.0 Å². The number of nitrogens with zero attached hydrogens (tertiary/aromatic N) is 2. The Labute approximate surface area is 114 Å². The van der Waals surface area contributed by atoms with E-state index >= 15 is 0 Å². The molecule has 94 valence electrons. The van der Waals surface area contributed by atoms with Crippen molar-refractivity contribution in [1.29, 1.82) is 5.26 Å². The average molecular weight is 268 g/mol. The molecule has 1 atom stereocenters. The van der Waals surface area contributed by atoms with E-state index in [1.165, 1.54) is 0 Å². The van der Waals surface area contributed by atoms with Gasteiger partial charge >= 0.3 is 0 Å². The van der Waals surface area contributed by atoms with Gasteiger partial charge in [0.1, 0.15) is 0 Å². The van der Waals surface area contributed by atoms with Crippen LogP contribution in [0.1, 0.15) is 16.7 Å². The van der Waals surface area contributed by atoms with Crippen molar-refractivity contribution in [3.63, 3.8) is 0 Å². The molecule has 3 nitrogen and oxygen atoms in total. The Bertz CT molecular complexity index is 652. The molecule has 0 aliphatic carbocycles. The molecule has 0 aromatic heterocycles. The van der Waals surface area contributed by atoms with Crippen LogP contribution in [0.5, 0.6) is 0 Å². The fourth-order valence-corrected chi connectivity index (χ4v) is 2.18. The van der Waals surface area contributed by atoms with Crippen molar-refractivity contribution in [3.05, 3.63) is 65.2 Å². The first-order valence-electron chi connectivity index (χ1n) is 5.72. The molecule has 0 radical (unpaired) electrons. The van der Waals surface area contributed by atoms with E-state index in [2.05, 4.69) is 4.40 Å². The van der Waals surface area contributed by atoms with Gasteiger partial charge in [0.25, 0.3) is 0 Å². The van der Waals surface area contributed by atoms with Crippen molar-refractivity contribution < 1.29 is 4.21 Å². The summed E-state index contributed by atoms with van der Waals surface area (Å²) in [5, 5.41) is 8.69. The number of nitriles is 1. The molecule has 0 bridgehead atoms. The minimum atomic E-state index is -1.39. The van der Waals surface area contributed by atoms with E-state index in [0.717, 1.165) is 11.1 Å². The van der Waals surface area contributed by atoms with Gasteiger partial charge in [0, 0.05) is 6.21 Å². The summed E-state index contributed by atoms with van der Waals surface area (Å²) < 4.78 is 15.9. The smallest absolute Gasteiger partial charge is 0.172 e. The summed E-state index contributed by atoms with van der Waals surface area (Å²) in [7, 11) is -1.39. The monoisotopic (exact) mass is 268 g/mol. The van der Waals surface area contributed by atoms with E-state index in [-0.39, 0.29) is 0 Å². The summed E-state index contributed by atoms with van der Waals surface area (Å²) in [5.74, 6) is 0. The van der Waals surface area contributed by atoms with Gasteiger partial charge in [-0.05, 0) is 36.8 Å². The standard InChI is InChI=1S/C15H12N2OS/c1-12-2-8-15(9-3-12)19(18)17-11-14-6-4-13(10-16)5-7-14/h2-9,11H,1H3/b17-11+. The Morgan fingerprint density at radius 3 is 2.32 bits per heavy atom. The van der Waals surface area contributed by atoms with Crippen LogP contribution in [0, 0.1) is 18.3 Å². The Morgan fingerprint density at radius 2 is 1.74 bits per heavy atom. The van der Waals surface area contributed by atoms with Gasteiger partial charge in [-0.3, -0.25) is 0 Å². The molecule has 0 aliphatic rings. The molecule has 0 fully saturated rings. The van der Waals surface area contributed by atoms with Gasteiger partial charge in [0.2, 0.25) is 0 Å². The molecule has 0 amide bonds. The van der Waals surface area contributed by atoms with Gasteiger partial charge < -0.3 is 0 Å². The van der Waals surface area contributed by atoms with Gasteiger partial charge in [0.05, 0.1) is 16.5 Å². The molecule has 0 spiro atoms. The highest BCUT2D eigenvalue weighted by Crippen LogP contribution is 2.09. The van der Waals surface area contributed by atoms with Crippen LogP contribution < -0.4 is 0 Å². The van der Waals surface area contributed by atoms with Crippen molar-refractivity contribution in [2.24, 2.45) is 4.40 Å². The average Bonchev–Trinajstić information content (AvgIpc) is 2.46. The lowest BCUT2D eigenvalue weighted by Crippen LogP contribution is -1.89. The third-order valence-corrected chi connectivity index (χ3v) is 3.53. The largest absolute Gasteiger partial charge is 0.229 e. The topological polar surface area (TPSA) is 53.2 Å². The van der Waals surface area contributed by atoms with Crippen LogP contribution in [0.15, 0.2) is 57.8 Å². The molecule has 2 aromatic rings. The summed E-state index contributed by atoms with van der Waals surface area (Å²) in [6.07, 6.45) is 1.55. The van der Waals surface area contributed by atoms with E-state index in [1.54, 1.807) is 30.5 Å². The SMILES string of the molecule is Cc1ccc(S(=O)/N=C/c2ccc(C#N)cc2)cc1. The van der Waals surface area contributed by atoms with Crippen LogP contribution in [0.2, 0.25) is 0 Å². The van der Waals surface area contributed by atoms with Crippen LogP contribution in [0.25, 0.3) is 0 Å². The van der Waals surface area contributed by atoms with Gasteiger partial charge in [-0.2, -0.15) is 9.66 Å². The molecule has 0 N–H and O–H groups in total. The lowest BCUT2D eigenvalue weighted by Gasteiger charge is -1.97. The second-order valence-electron chi connectivity index (χ2n) is 4.03. The molecule has 0 aliphatic heterocycles. The first-order valence-corrected chi connectivity index (χ1v) is 6.82. The second kappa shape index (κ2) is 6.07. The second-order valence-corrected chi connectivity index (χ2v) is 5.21. The molecule has 2 rings (SSSR count). The molecule has 0 saturated heterocycles. The Hall–Kier alpha value is -2.25. The molecule has 4 heteroatoms. The number of rotatable bonds is 3. The van der Waals surface area contributed by atoms with Crippen LogP contribution >= 0.6 is 0 Å². The highest BCUT2D eigenvalue weighted by molar-refractivity contribution is 7.83. The Morgan fingerprint density at radius 1 is 1.11 bits per heavy atom. The van der Waals surface area contributed by atoms with Crippen LogP contribution in [0.3, 0.4) is 0 Å². The van der Waals surface area contributed by atoms with Gasteiger partial charge in [-0.1, -0.05) is 29.8 Å². The van der Waals surface area contributed by atoms with E-state index in [1.807, 2.05) is 37.3 Å².